The SMILES string of the molecule is c1ccc(SCCNC(=NCCn2ccnc2)Nc2ccc3c(c2)OCCCO3)cc1. The second-order valence-corrected chi connectivity index (χ2v) is 8.12. The summed E-state index contributed by atoms with van der Waals surface area (Å²) in [5.74, 6) is 3.23. The molecule has 0 fully saturated rings. The number of hydrogen-bond donors (Lipinski definition) is 2. The maximum atomic E-state index is 5.81. The van der Waals surface area contributed by atoms with Gasteiger partial charge in [0.15, 0.2) is 17.5 Å². The molecular formula is C23H27N5O2S. The molecule has 1 aromatic heterocycles. The molecule has 2 N–H and O–H groups in total. The number of imidazole rings is 1. The maximum Gasteiger partial charge on any atom is 0.195 e. The number of hydrogen-bond acceptors (Lipinski definition) is 5. The van der Waals surface area contributed by atoms with Crippen molar-refractivity contribution in [2.24, 2.45) is 4.99 Å². The normalized spacial score (nSPS) is 13.5. The Bertz CT molecular complexity index is 963. The highest BCUT2D eigenvalue weighted by atomic mass is 32.2. The van der Waals surface area contributed by atoms with Crippen LogP contribution in [-0.4, -0.2) is 47.6 Å². The van der Waals surface area contributed by atoms with E-state index in [0.717, 1.165) is 48.4 Å². The van der Waals surface area contributed by atoms with Crippen molar-refractivity contribution in [1.82, 2.24) is 14.9 Å². The molecule has 3 aromatic rings. The average molecular weight is 438 g/mol. The Kier molecular flexibility index (Phi) is 7.71. The van der Waals surface area contributed by atoms with E-state index in [1.165, 1.54) is 4.90 Å². The smallest absolute Gasteiger partial charge is 0.195 e. The average Bonchev–Trinajstić information content (AvgIpc) is 3.21. The molecule has 2 heterocycles. The van der Waals surface area contributed by atoms with E-state index < -0.39 is 0 Å². The molecule has 162 valence electrons. The van der Waals surface area contributed by atoms with Gasteiger partial charge < -0.3 is 24.7 Å². The predicted molar refractivity (Wildman–Crippen MR) is 125 cm³/mol. The van der Waals surface area contributed by atoms with Crippen molar-refractivity contribution in [1.29, 1.82) is 0 Å². The first-order valence-corrected chi connectivity index (χ1v) is 11.4. The van der Waals surface area contributed by atoms with Crippen LogP contribution >= 0.6 is 11.8 Å². The molecule has 0 unspecified atom stereocenters. The molecule has 4 rings (SSSR count). The number of aliphatic imine (C=N–C) groups is 1. The van der Waals surface area contributed by atoms with Crippen LogP contribution in [0, 0.1) is 0 Å². The zero-order valence-corrected chi connectivity index (χ0v) is 18.2. The predicted octanol–water partition coefficient (Wildman–Crippen LogP) is 3.89. The van der Waals surface area contributed by atoms with Crippen LogP contribution in [0.25, 0.3) is 0 Å². The standard InChI is InChI=1S/C23H27N5O2S/c1-2-5-20(6-3-1)31-16-11-26-23(25-10-13-28-12-9-24-18-28)27-19-7-8-21-22(17-19)30-15-4-14-29-21/h1-3,5-9,12,17-18H,4,10-11,13-16H2,(H2,25,26,27). The Morgan fingerprint density at radius 2 is 1.97 bits per heavy atom. The van der Waals surface area contributed by atoms with Gasteiger partial charge >= 0.3 is 0 Å². The molecule has 1 aliphatic heterocycles. The summed E-state index contributed by atoms with van der Waals surface area (Å²) in [5, 5.41) is 6.83. The molecule has 0 saturated heterocycles. The highest BCUT2D eigenvalue weighted by Gasteiger charge is 2.11. The highest BCUT2D eigenvalue weighted by Crippen LogP contribution is 2.32. The van der Waals surface area contributed by atoms with Crippen LogP contribution in [0.15, 0.2) is 77.1 Å². The second kappa shape index (κ2) is 11.3. The van der Waals surface area contributed by atoms with Gasteiger partial charge in [-0.2, -0.15) is 0 Å². The molecule has 0 amide bonds. The Morgan fingerprint density at radius 1 is 1.10 bits per heavy atom. The number of nitrogens with one attached hydrogen (secondary N) is 2. The summed E-state index contributed by atoms with van der Waals surface area (Å²) in [6.07, 6.45) is 6.41. The number of fused-ring (bicyclic) bond motifs is 1. The quantitative estimate of drug-likeness (QED) is 0.241. The topological polar surface area (TPSA) is 72.7 Å². The number of guanidine groups is 1. The van der Waals surface area contributed by atoms with Crippen molar-refractivity contribution in [3.05, 3.63) is 67.3 Å². The minimum absolute atomic E-state index is 0.641. The van der Waals surface area contributed by atoms with E-state index in [2.05, 4.69) is 39.9 Å². The number of benzene rings is 2. The van der Waals surface area contributed by atoms with E-state index >= 15 is 0 Å². The minimum atomic E-state index is 0.641. The third kappa shape index (κ3) is 6.68. The summed E-state index contributed by atoms with van der Waals surface area (Å²) in [4.78, 5) is 10.1. The highest BCUT2D eigenvalue weighted by molar-refractivity contribution is 7.99. The van der Waals surface area contributed by atoms with Crippen LogP contribution in [0.2, 0.25) is 0 Å². The minimum Gasteiger partial charge on any atom is -0.490 e. The first-order chi connectivity index (χ1) is 15.4. The van der Waals surface area contributed by atoms with Gasteiger partial charge in [0.25, 0.3) is 0 Å². The summed E-state index contributed by atoms with van der Waals surface area (Å²) in [6, 6.07) is 16.3. The van der Waals surface area contributed by atoms with Gasteiger partial charge in [-0.15, -0.1) is 11.8 Å². The lowest BCUT2D eigenvalue weighted by Crippen LogP contribution is -2.33. The molecule has 31 heavy (non-hydrogen) atoms. The van der Waals surface area contributed by atoms with Crippen LogP contribution in [0.3, 0.4) is 0 Å². The van der Waals surface area contributed by atoms with E-state index in [9.17, 15) is 0 Å². The second-order valence-electron chi connectivity index (χ2n) is 6.96. The third-order valence-electron chi connectivity index (χ3n) is 4.60. The lowest BCUT2D eigenvalue weighted by Gasteiger charge is -2.15. The molecule has 0 bridgehead atoms. The number of aromatic nitrogens is 2. The van der Waals surface area contributed by atoms with E-state index in [-0.39, 0.29) is 0 Å². The molecule has 0 saturated carbocycles. The zero-order chi connectivity index (χ0) is 21.1. The fraction of sp³-hybridized carbons (Fsp3) is 0.304. The van der Waals surface area contributed by atoms with Gasteiger partial charge in [-0.1, -0.05) is 18.2 Å². The molecule has 8 heteroatoms. The van der Waals surface area contributed by atoms with Gasteiger partial charge in [0, 0.05) is 54.3 Å². The van der Waals surface area contributed by atoms with Crippen molar-refractivity contribution in [3.8, 4) is 11.5 Å². The monoisotopic (exact) mass is 437 g/mol. The number of thioether (sulfide) groups is 1. The fourth-order valence-electron chi connectivity index (χ4n) is 3.07. The van der Waals surface area contributed by atoms with Crippen LogP contribution in [0.5, 0.6) is 11.5 Å². The number of ether oxygens (including phenoxy) is 2. The molecule has 0 spiro atoms. The van der Waals surface area contributed by atoms with Gasteiger partial charge in [0.05, 0.1) is 26.1 Å². The Labute approximate surface area is 186 Å². The Morgan fingerprint density at radius 3 is 2.81 bits per heavy atom. The maximum absolute atomic E-state index is 5.81. The zero-order valence-electron chi connectivity index (χ0n) is 17.4. The van der Waals surface area contributed by atoms with Crippen molar-refractivity contribution < 1.29 is 9.47 Å². The lowest BCUT2D eigenvalue weighted by atomic mass is 10.3. The largest absolute Gasteiger partial charge is 0.490 e. The summed E-state index contributed by atoms with van der Waals surface area (Å²) in [6.45, 7) is 3.55. The van der Waals surface area contributed by atoms with Gasteiger partial charge in [0.1, 0.15) is 0 Å². The number of nitrogens with zero attached hydrogens (tertiary/aromatic N) is 3. The number of anilines is 1. The summed E-state index contributed by atoms with van der Waals surface area (Å²) < 4.78 is 13.5. The number of rotatable bonds is 8. The molecule has 2 aromatic carbocycles. The first kappa shape index (κ1) is 21.1. The summed E-state index contributed by atoms with van der Waals surface area (Å²) >= 11 is 1.82. The molecule has 0 aliphatic carbocycles. The van der Waals surface area contributed by atoms with Crippen molar-refractivity contribution in [3.63, 3.8) is 0 Å². The van der Waals surface area contributed by atoms with E-state index in [1.807, 2.05) is 46.8 Å². The van der Waals surface area contributed by atoms with Gasteiger partial charge in [-0.05, 0) is 24.3 Å². The van der Waals surface area contributed by atoms with Crippen LogP contribution in [0.4, 0.5) is 5.69 Å². The van der Waals surface area contributed by atoms with Crippen molar-refractivity contribution in [2.75, 3.05) is 37.4 Å². The van der Waals surface area contributed by atoms with E-state index in [1.54, 1.807) is 12.5 Å². The molecule has 0 atom stereocenters. The third-order valence-corrected chi connectivity index (χ3v) is 5.62. The van der Waals surface area contributed by atoms with Gasteiger partial charge in [0.2, 0.25) is 0 Å². The van der Waals surface area contributed by atoms with E-state index in [0.29, 0.717) is 19.8 Å². The van der Waals surface area contributed by atoms with Crippen LogP contribution in [0.1, 0.15) is 6.42 Å². The molecule has 1 aliphatic rings. The molecular weight excluding hydrogens is 410 g/mol. The lowest BCUT2D eigenvalue weighted by molar-refractivity contribution is 0.297. The van der Waals surface area contributed by atoms with Crippen LogP contribution in [-0.2, 0) is 6.54 Å². The molecule has 7 nitrogen and oxygen atoms in total. The Hall–Kier alpha value is -3.13. The van der Waals surface area contributed by atoms with Crippen LogP contribution < -0.4 is 20.1 Å². The Balaban J connectivity index is 1.37. The van der Waals surface area contributed by atoms with Gasteiger partial charge in [-0.25, -0.2) is 4.98 Å². The van der Waals surface area contributed by atoms with E-state index in [4.69, 9.17) is 14.5 Å². The molecule has 0 radical (unpaired) electrons. The fourth-order valence-corrected chi connectivity index (χ4v) is 3.86. The first-order valence-electron chi connectivity index (χ1n) is 10.5. The summed E-state index contributed by atoms with van der Waals surface area (Å²) in [7, 11) is 0. The summed E-state index contributed by atoms with van der Waals surface area (Å²) in [5.41, 5.74) is 0.911. The van der Waals surface area contributed by atoms with Gasteiger partial charge in [-0.3, -0.25) is 4.99 Å². The van der Waals surface area contributed by atoms with Crippen molar-refractivity contribution in [2.45, 2.75) is 17.9 Å². The van der Waals surface area contributed by atoms with Crippen molar-refractivity contribution >= 4 is 23.4 Å².